The van der Waals surface area contributed by atoms with E-state index in [2.05, 4.69) is 15.9 Å². The standard InChI is InChI=1S/C9H11BrFNO2/c1-14-9-2-5(8(12)4-13)7(11)3-6(9)10/h2-3,8,13H,4,12H2,1H3. The average Bonchev–Trinajstić information content (AvgIpc) is 2.17. The summed E-state index contributed by atoms with van der Waals surface area (Å²) in [6.07, 6.45) is 0. The Bertz CT molecular complexity index is 333. The summed E-state index contributed by atoms with van der Waals surface area (Å²) in [4.78, 5) is 0. The number of nitrogens with two attached hydrogens (primary N) is 1. The van der Waals surface area contributed by atoms with Gasteiger partial charge >= 0.3 is 0 Å². The zero-order chi connectivity index (χ0) is 10.7. The molecule has 0 aliphatic heterocycles. The Morgan fingerprint density at radius 1 is 1.64 bits per heavy atom. The second-order valence-corrected chi connectivity index (χ2v) is 3.65. The summed E-state index contributed by atoms with van der Waals surface area (Å²) in [5.41, 5.74) is 5.75. The van der Waals surface area contributed by atoms with Crippen LogP contribution in [0.1, 0.15) is 11.6 Å². The van der Waals surface area contributed by atoms with Gasteiger partial charge in [-0.15, -0.1) is 0 Å². The van der Waals surface area contributed by atoms with Crippen LogP contribution in [-0.4, -0.2) is 18.8 Å². The van der Waals surface area contributed by atoms with E-state index in [1.807, 2.05) is 0 Å². The lowest BCUT2D eigenvalue weighted by Crippen LogP contribution is -2.16. The summed E-state index contributed by atoms with van der Waals surface area (Å²) in [5, 5.41) is 8.80. The molecule has 1 rings (SSSR count). The van der Waals surface area contributed by atoms with Gasteiger partial charge in [-0.2, -0.15) is 0 Å². The minimum atomic E-state index is -0.725. The Morgan fingerprint density at radius 2 is 2.29 bits per heavy atom. The van der Waals surface area contributed by atoms with E-state index in [4.69, 9.17) is 15.6 Å². The molecule has 0 bridgehead atoms. The summed E-state index contributed by atoms with van der Waals surface area (Å²) in [7, 11) is 1.48. The van der Waals surface area contributed by atoms with Gasteiger partial charge in [0.25, 0.3) is 0 Å². The summed E-state index contributed by atoms with van der Waals surface area (Å²) in [6.45, 7) is -0.304. The lowest BCUT2D eigenvalue weighted by molar-refractivity contribution is 0.265. The van der Waals surface area contributed by atoms with Crippen molar-refractivity contribution in [2.45, 2.75) is 6.04 Å². The monoisotopic (exact) mass is 263 g/mol. The molecule has 0 fully saturated rings. The van der Waals surface area contributed by atoms with E-state index in [1.54, 1.807) is 0 Å². The minimum Gasteiger partial charge on any atom is -0.496 e. The molecule has 14 heavy (non-hydrogen) atoms. The number of rotatable bonds is 3. The maximum absolute atomic E-state index is 13.3. The predicted octanol–water partition coefficient (Wildman–Crippen LogP) is 1.59. The molecule has 0 radical (unpaired) electrons. The van der Waals surface area contributed by atoms with Crippen LogP contribution in [0.25, 0.3) is 0 Å². The molecule has 0 aliphatic carbocycles. The van der Waals surface area contributed by atoms with Crippen molar-refractivity contribution in [1.29, 1.82) is 0 Å². The number of aliphatic hydroxyl groups excluding tert-OH is 1. The van der Waals surface area contributed by atoms with Crippen molar-refractivity contribution in [2.24, 2.45) is 5.73 Å². The topological polar surface area (TPSA) is 55.5 Å². The Morgan fingerprint density at radius 3 is 2.79 bits per heavy atom. The molecule has 78 valence electrons. The zero-order valence-corrected chi connectivity index (χ0v) is 9.21. The molecule has 0 heterocycles. The van der Waals surface area contributed by atoms with Crippen LogP contribution < -0.4 is 10.5 Å². The minimum absolute atomic E-state index is 0.243. The smallest absolute Gasteiger partial charge is 0.133 e. The van der Waals surface area contributed by atoms with Gasteiger partial charge in [0, 0.05) is 5.56 Å². The second kappa shape index (κ2) is 4.72. The van der Waals surface area contributed by atoms with Crippen molar-refractivity contribution in [2.75, 3.05) is 13.7 Å². The Kier molecular flexibility index (Phi) is 3.86. The highest BCUT2D eigenvalue weighted by Gasteiger charge is 2.14. The second-order valence-electron chi connectivity index (χ2n) is 2.80. The van der Waals surface area contributed by atoms with Gasteiger partial charge in [-0.05, 0) is 28.1 Å². The van der Waals surface area contributed by atoms with Crippen molar-refractivity contribution >= 4 is 15.9 Å². The molecule has 0 spiro atoms. The molecule has 3 N–H and O–H groups in total. The number of methoxy groups -OCH3 is 1. The van der Waals surface area contributed by atoms with Gasteiger partial charge in [0.15, 0.2) is 0 Å². The Balaban J connectivity index is 3.17. The van der Waals surface area contributed by atoms with Gasteiger partial charge in [0.05, 0.1) is 24.2 Å². The molecule has 5 heteroatoms. The fraction of sp³-hybridized carbons (Fsp3) is 0.333. The van der Waals surface area contributed by atoms with Crippen molar-refractivity contribution in [3.8, 4) is 5.75 Å². The van der Waals surface area contributed by atoms with E-state index in [9.17, 15) is 4.39 Å². The maximum Gasteiger partial charge on any atom is 0.133 e. The highest BCUT2D eigenvalue weighted by molar-refractivity contribution is 9.10. The summed E-state index contributed by atoms with van der Waals surface area (Å²) < 4.78 is 18.8. The van der Waals surface area contributed by atoms with Crippen LogP contribution in [0.2, 0.25) is 0 Å². The van der Waals surface area contributed by atoms with Crippen molar-refractivity contribution in [3.63, 3.8) is 0 Å². The number of hydrogen-bond donors (Lipinski definition) is 2. The third kappa shape index (κ3) is 2.23. The van der Waals surface area contributed by atoms with Gasteiger partial charge in [-0.3, -0.25) is 0 Å². The van der Waals surface area contributed by atoms with Crippen LogP contribution in [0, 0.1) is 5.82 Å². The van der Waals surface area contributed by atoms with Gasteiger partial charge in [-0.25, -0.2) is 4.39 Å². The van der Waals surface area contributed by atoms with E-state index >= 15 is 0 Å². The summed E-state index contributed by atoms with van der Waals surface area (Å²) in [6, 6.07) is 2.02. The van der Waals surface area contributed by atoms with E-state index in [0.29, 0.717) is 10.2 Å². The highest BCUT2D eigenvalue weighted by atomic mass is 79.9. The summed E-state index contributed by atoms with van der Waals surface area (Å²) >= 11 is 3.14. The van der Waals surface area contributed by atoms with Gasteiger partial charge in [0.2, 0.25) is 0 Å². The highest BCUT2D eigenvalue weighted by Crippen LogP contribution is 2.29. The molecule has 1 atom stereocenters. The molecule has 0 amide bonds. The molecule has 3 nitrogen and oxygen atoms in total. The average molecular weight is 264 g/mol. The zero-order valence-electron chi connectivity index (χ0n) is 7.63. The number of benzene rings is 1. The van der Waals surface area contributed by atoms with Crippen molar-refractivity contribution in [1.82, 2.24) is 0 Å². The van der Waals surface area contributed by atoms with Gasteiger partial charge < -0.3 is 15.6 Å². The first-order valence-electron chi connectivity index (χ1n) is 3.99. The molecule has 0 saturated carbocycles. The van der Waals surface area contributed by atoms with E-state index in [-0.39, 0.29) is 12.2 Å². The third-order valence-corrected chi connectivity index (χ3v) is 2.49. The quantitative estimate of drug-likeness (QED) is 0.871. The normalized spacial score (nSPS) is 12.6. The first-order valence-corrected chi connectivity index (χ1v) is 4.78. The predicted molar refractivity (Wildman–Crippen MR) is 54.7 cm³/mol. The Labute approximate surface area is 89.8 Å². The van der Waals surface area contributed by atoms with E-state index in [0.717, 1.165) is 0 Å². The van der Waals surface area contributed by atoms with Crippen LogP contribution in [-0.2, 0) is 0 Å². The lowest BCUT2D eigenvalue weighted by Gasteiger charge is -2.12. The maximum atomic E-state index is 13.3. The molecule has 1 aromatic rings. The molecule has 0 aliphatic rings. The SMILES string of the molecule is COc1cc(C(N)CO)c(F)cc1Br. The summed E-state index contributed by atoms with van der Waals surface area (Å²) in [5.74, 6) is 0.0320. The number of halogens is 2. The molecular formula is C9H11BrFNO2. The molecule has 1 aromatic carbocycles. The van der Waals surface area contributed by atoms with Gasteiger partial charge in [-0.1, -0.05) is 0 Å². The van der Waals surface area contributed by atoms with Crippen LogP contribution in [0.5, 0.6) is 5.75 Å². The van der Waals surface area contributed by atoms with Crippen LogP contribution >= 0.6 is 15.9 Å². The third-order valence-electron chi connectivity index (χ3n) is 1.87. The van der Waals surface area contributed by atoms with Crippen molar-refractivity contribution in [3.05, 3.63) is 28.0 Å². The molecular weight excluding hydrogens is 253 g/mol. The van der Waals surface area contributed by atoms with Crippen LogP contribution in [0.15, 0.2) is 16.6 Å². The van der Waals surface area contributed by atoms with Crippen LogP contribution in [0.4, 0.5) is 4.39 Å². The van der Waals surface area contributed by atoms with Crippen molar-refractivity contribution < 1.29 is 14.2 Å². The molecule has 0 aromatic heterocycles. The van der Waals surface area contributed by atoms with E-state index < -0.39 is 11.9 Å². The Hall–Kier alpha value is -0.650. The first-order chi connectivity index (χ1) is 6.60. The van der Waals surface area contributed by atoms with Gasteiger partial charge in [0.1, 0.15) is 11.6 Å². The van der Waals surface area contributed by atoms with Crippen LogP contribution in [0.3, 0.4) is 0 Å². The lowest BCUT2D eigenvalue weighted by atomic mass is 10.1. The molecule has 1 unspecified atom stereocenters. The number of ether oxygens (including phenoxy) is 1. The van der Waals surface area contributed by atoms with E-state index in [1.165, 1.54) is 19.2 Å². The number of aliphatic hydroxyl groups is 1. The fourth-order valence-corrected chi connectivity index (χ4v) is 1.56. The first kappa shape index (κ1) is 11.4. The number of hydrogen-bond acceptors (Lipinski definition) is 3. The largest absolute Gasteiger partial charge is 0.496 e. The molecule has 0 saturated heterocycles. The fourth-order valence-electron chi connectivity index (χ4n) is 1.08.